The molecule has 0 heterocycles. The number of benzene rings is 1. The summed E-state index contributed by atoms with van der Waals surface area (Å²) >= 11 is 0. The molecule has 4 heteroatoms. The van der Waals surface area contributed by atoms with Crippen LogP contribution in [0.25, 0.3) is 0 Å². The minimum atomic E-state index is -3.42. The molecule has 4 bridgehead atoms. The minimum absolute atomic E-state index is 0.0128. The van der Waals surface area contributed by atoms with Gasteiger partial charge < -0.3 is 4.74 Å². The van der Waals surface area contributed by atoms with Gasteiger partial charge in [-0.1, -0.05) is 29.8 Å². The highest BCUT2D eigenvalue weighted by Crippen LogP contribution is 2.63. The van der Waals surface area contributed by atoms with Gasteiger partial charge in [0.2, 0.25) is 0 Å². The molecule has 4 saturated carbocycles. The van der Waals surface area contributed by atoms with Crippen molar-refractivity contribution in [1.82, 2.24) is 0 Å². The number of hydrogen-bond donors (Lipinski definition) is 0. The van der Waals surface area contributed by atoms with E-state index in [1.807, 2.05) is 0 Å². The largest absolute Gasteiger partial charge is 0.455 e. The van der Waals surface area contributed by atoms with Crippen molar-refractivity contribution < 1.29 is 18.3 Å². The van der Waals surface area contributed by atoms with Gasteiger partial charge in [-0.15, -0.1) is 0 Å². The van der Waals surface area contributed by atoms with E-state index in [4.69, 9.17) is 4.74 Å². The quantitative estimate of drug-likeness (QED) is 0.743. The number of carbonyl (C=O) groups excluding carboxylic acids is 1. The van der Waals surface area contributed by atoms with Crippen molar-refractivity contribution in [3.63, 3.8) is 0 Å². The Kier molecular flexibility index (Phi) is 3.36. The lowest BCUT2D eigenvalue weighted by Crippen LogP contribution is -2.59. The van der Waals surface area contributed by atoms with E-state index in [9.17, 15) is 13.6 Å². The van der Waals surface area contributed by atoms with Gasteiger partial charge in [0.1, 0.15) is 5.60 Å². The molecule has 1 aromatic carbocycles. The number of esters is 1. The first-order valence-corrected chi connectivity index (χ1v) is 8.88. The number of hydrogen-bond acceptors (Lipinski definition) is 2. The summed E-state index contributed by atoms with van der Waals surface area (Å²) in [6, 6.07) is 8.58. The fourth-order valence-electron chi connectivity index (χ4n) is 5.83. The summed E-state index contributed by atoms with van der Waals surface area (Å²) in [5.41, 5.74) is 1.80. The summed E-state index contributed by atoms with van der Waals surface area (Å²) in [6.07, 6.45) is 5.52. The van der Waals surface area contributed by atoms with Gasteiger partial charge in [-0.05, 0) is 68.3 Å². The maximum Gasteiger partial charge on any atom is 0.377 e. The van der Waals surface area contributed by atoms with Crippen LogP contribution in [-0.4, -0.2) is 17.5 Å². The van der Waals surface area contributed by atoms with E-state index in [2.05, 4.69) is 31.2 Å². The predicted octanol–water partition coefficient (Wildman–Crippen LogP) is 4.78. The lowest BCUT2D eigenvalue weighted by molar-refractivity contribution is -0.211. The summed E-state index contributed by atoms with van der Waals surface area (Å²) in [7, 11) is 0. The zero-order chi connectivity index (χ0) is 17.2. The molecule has 2 atom stereocenters. The van der Waals surface area contributed by atoms with Gasteiger partial charge in [-0.3, -0.25) is 0 Å². The highest BCUT2D eigenvalue weighted by molar-refractivity contribution is 5.77. The molecule has 0 aromatic heterocycles. The second-order valence-corrected chi connectivity index (χ2v) is 8.57. The van der Waals surface area contributed by atoms with Gasteiger partial charge in [0.25, 0.3) is 0 Å². The molecule has 130 valence electrons. The Bertz CT molecular complexity index is 645. The zero-order valence-corrected chi connectivity index (χ0v) is 14.3. The standard InChI is InChI=1S/C20H24F2O2/c1-13-3-5-16(6-4-13)19-8-14-7-15(9-19)11-20(10-14,12-19)24-17(23)18(2,21)22/h3-6,14-15H,7-12H2,1-2H3. The molecule has 2 nitrogen and oxygen atoms in total. The molecule has 0 saturated heterocycles. The van der Waals surface area contributed by atoms with E-state index < -0.39 is 17.5 Å². The van der Waals surface area contributed by atoms with Crippen LogP contribution in [0, 0.1) is 18.8 Å². The Morgan fingerprint density at radius 1 is 1.12 bits per heavy atom. The van der Waals surface area contributed by atoms with Gasteiger partial charge in [0, 0.05) is 6.92 Å². The van der Waals surface area contributed by atoms with Crippen molar-refractivity contribution in [3.05, 3.63) is 35.4 Å². The molecular formula is C20H24F2O2. The van der Waals surface area contributed by atoms with Crippen LogP contribution in [0.15, 0.2) is 24.3 Å². The van der Waals surface area contributed by atoms with E-state index in [-0.39, 0.29) is 5.41 Å². The van der Waals surface area contributed by atoms with Crippen LogP contribution in [-0.2, 0) is 14.9 Å². The molecule has 2 unspecified atom stereocenters. The Morgan fingerprint density at radius 3 is 2.25 bits per heavy atom. The Morgan fingerprint density at radius 2 is 1.71 bits per heavy atom. The van der Waals surface area contributed by atoms with Crippen LogP contribution >= 0.6 is 0 Å². The van der Waals surface area contributed by atoms with Crippen molar-refractivity contribution >= 4 is 5.97 Å². The van der Waals surface area contributed by atoms with Crippen LogP contribution in [0.2, 0.25) is 0 Å². The van der Waals surface area contributed by atoms with Crippen molar-refractivity contribution in [1.29, 1.82) is 0 Å². The number of halogens is 2. The van der Waals surface area contributed by atoms with Gasteiger partial charge in [0.15, 0.2) is 0 Å². The summed E-state index contributed by atoms with van der Waals surface area (Å²) in [4.78, 5) is 11.9. The third kappa shape index (κ3) is 2.55. The van der Waals surface area contributed by atoms with Gasteiger partial charge in [-0.2, -0.15) is 8.78 Å². The SMILES string of the molecule is Cc1ccc(C23CC4CC(CC(OC(=O)C(C)(F)F)(C4)C2)C3)cc1. The Balaban J connectivity index is 1.67. The number of ether oxygens (including phenoxy) is 1. The summed E-state index contributed by atoms with van der Waals surface area (Å²) in [6.45, 7) is 2.70. The molecule has 4 fully saturated rings. The van der Waals surface area contributed by atoms with Crippen LogP contribution in [0.4, 0.5) is 8.78 Å². The van der Waals surface area contributed by atoms with E-state index >= 15 is 0 Å². The molecular weight excluding hydrogens is 310 g/mol. The van der Waals surface area contributed by atoms with Crippen molar-refractivity contribution in [3.8, 4) is 0 Å². The summed E-state index contributed by atoms with van der Waals surface area (Å²) in [5.74, 6) is -3.82. The van der Waals surface area contributed by atoms with E-state index in [1.165, 1.54) is 11.1 Å². The first kappa shape index (κ1) is 16.0. The monoisotopic (exact) mass is 334 g/mol. The molecule has 1 aromatic rings. The highest BCUT2D eigenvalue weighted by Gasteiger charge is 2.60. The molecule has 4 aliphatic carbocycles. The van der Waals surface area contributed by atoms with E-state index in [1.54, 1.807) is 0 Å². The van der Waals surface area contributed by atoms with E-state index in [0.29, 0.717) is 25.2 Å². The zero-order valence-electron chi connectivity index (χ0n) is 14.3. The average Bonchev–Trinajstić information content (AvgIpc) is 2.44. The van der Waals surface area contributed by atoms with Crippen molar-refractivity contribution in [2.45, 2.75) is 69.3 Å². The molecule has 5 rings (SSSR count). The lowest BCUT2D eigenvalue weighted by Gasteiger charge is -2.61. The van der Waals surface area contributed by atoms with Crippen LogP contribution in [0.5, 0.6) is 0 Å². The second kappa shape index (κ2) is 5.03. The number of alkyl halides is 2. The first-order chi connectivity index (χ1) is 11.2. The third-order valence-corrected chi connectivity index (χ3v) is 6.34. The Hall–Kier alpha value is -1.45. The fourth-order valence-corrected chi connectivity index (χ4v) is 5.83. The Labute approximate surface area is 141 Å². The van der Waals surface area contributed by atoms with Crippen molar-refractivity contribution in [2.24, 2.45) is 11.8 Å². The third-order valence-electron chi connectivity index (χ3n) is 6.34. The normalized spacial score (nSPS) is 37.5. The molecule has 0 aliphatic heterocycles. The molecule has 0 amide bonds. The van der Waals surface area contributed by atoms with Crippen molar-refractivity contribution in [2.75, 3.05) is 0 Å². The maximum atomic E-state index is 13.4. The number of aryl methyl sites for hydroxylation is 1. The summed E-state index contributed by atoms with van der Waals surface area (Å²) < 4.78 is 32.3. The molecule has 0 radical (unpaired) electrons. The average molecular weight is 334 g/mol. The van der Waals surface area contributed by atoms with Crippen LogP contribution < -0.4 is 0 Å². The predicted molar refractivity (Wildman–Crippen MR) is 87.0 cm³/mol. The maximum absolute atomic E-state index is 13.4. The van der Waals surface area contributed by atoms with Crippen LogP contribution in [0.3, 0.4) is 0 Å². The number of carbonyl (C=O) groups is 1. The molecule has 4 aliphatic rings. The smallest absolute Gasteiger partial charge is 0.377 e. The molecule has 0 N–H and O–H groups in total. The first-order valence-electron chi connectivity index (χ1n) is 8.88. The van der Waals surface area contributed by atoms with Crippen LogP contribution in [0.1, 0.15) is 56.6 Å². The van der Waals surface area contributed by atoms with Gasteiger partial charge >= 0.3 is 11.9 Å². The molecule has 24 heavy (non-hydrogen) atoms. The number of rotatable bonds is 3. The second-order valence-electron chi connectivity index (χ2n) is 8.57. The minimum Gasteiger partial charge on any atom is -0.455 e. The summed E-state index contributed by atoms with van der Waals surface area (Å²) in [5, 5.41) is 0. The van der Waals surface area contributed by atoms with E-state index in [0.717, 1.165) is 32.1 Å². The van der Waals surface area contributed by atoms with Gasteiger partial charge in [0.05, 0.1) is 0 Å². The fraction of sp³-hybridized carbons (Fsp3) is 0.650. The van der Waals surface area contributed by atoms with Gasteiger partial charge in [-0.25, -0.2) is 4.79 Å². The lowest BCUT2D eigenvalue weighted by atomic mass is 9.46. The topological polar surface area (TPSA) is 26.3 Å². The molecule has 0 spiro atoms. The highest BCUT2D eigenvalue weighted by atomic mass is 19.3.